The van der Waals surface area contributed by atoms with E-state index in [4.69, 9.17) is 4.74 Å². The third kappa shape index (κ3) is 55.2. The molecule has 0 aliphatic heterocycles. The lowest BCUT2D eigenvalue weighted by Crippen LogP contribution is -2.45. The Hall–Kier alpha value is -1.92. The van der Waals surface area contributed by atoms with Gasteiger partial charge in [0.2, 0.25) is 5.91 Å². The summed E-state index contributed by atoms with van der Waals surface area (Å²) in [5.74, 6) is -0.118. The van der Waals surface area contributed by atoms with Gasteiger partial charge in [-0.1, -0.05) is 262 Å². The van der Waals surface area contributed by atoms with Crippen molar-refractivity contribution < 1.29 is 24.5 Å². The number of allylic oxidation sites excluding steroid dienone is 5. The second kappa shape index (κ2) is 58.6. The molecule has 2 unspecified atom stereocenters. The van der Waals surface area contributed by atoms with Crippen molar-refractivity contribution in [3.8, 4) is 0 Å². The number of esters is 1. The Kier molecular flexibility index (Phi) is 57.0. The van der Waals surface area contributed by atoms with Gasteiger partial charge in [0.05, 0.1) is 25.4 Å². The number of carbonyl (C=O) groups is 2. The van der Waals surface area contributed by atoms with E-state index in [1.54, 1.807) is 6.08 Å². The number of amides is 1. The van der Waals surface area contributed by atoms with Gasteiger partial charge in [0, 0.05) is 12.8 Å². The molecule has 0 fully saturated rings. The maximum Gasteiger partial charge on any atom is 0.305 e. The van der Waals surface area contributed by atoms with E-state index in [0.29, 0.717) is 19.4 Å². The second-order valence-electron chi connectivity index (χ2n) is 21.0. The topological polar surface area (TPSA) is 95.9 Å². The van der Waals surface area contributed by atoms with Crippen molar-refractivity contribution in [1.29, 1.82) is 0 Å². The fourth-order valence-corrected chi connectivity index (χ4v) is 9.39. The summed E-state index contributed by atoms with van der Waals surface area (Å²) in [7, 11) is 0. The van der Waals surface area contributed by atoms with Crippen LogP contribution >= 0.6 is 0 Å². The van der Waals surface area contributed by atoms with Crippen molar-refractivity contribution in [3.63, 3.8) is 0 Å². The summed E-state index contributed by atoms with van der Waals surface area (Å²) < 4.78 is 5.46. The molecule has 6 heteroatoms. The third-order valence-electron chi connectivity index (χ3n) is 14.1. The van der Waals surface area contributed by atoms with Gasteiger partial charge in [0.15, 0.2) is 0 Å². The number of ether oxygens (including phenoxy) is 1. The first-order valence-corrected chi connectivity index (χ1v) is 30.8. The molecule has 1 amide bonds. The highest BCUT2D eigenvalue weighted by Crippen LogP contribution is 2.17. The molecule has 0 aromatic carbocycles. The molecule has 0 saturated heterocycles. The van der Waals surface area contributed by atoms with Crippen LogP contribution in [0.1, 0.15) is 328 Å². The van der Waals surface area contributed by atoms with Crippen LogP contribution < -0.4 is 5.32 Å². The highest BCUT2D eigenvalue weighted by atomic mass is 16.5. The number of aliphatic hydroxyl groups is 2. The molecule has 0 spiro atoms. The van der Waals surface area contributed by atoms with Crippen molar-refractivity contribution in [2.24, 2.45) is 0 Å². The molecule has 0 aliphatic carbocycles. The third-order valence-corrected chi connectivity index (χ3v) is 14.1. The van der Waals surface area contributed by atoms with Crippen LogP contribution in [-0.2, 0) is 14.3 Å². The first kappa shape index (κ1) is 67.1. The zero-order valence-electron chi connectivity index (χ0n) is 46.3. The van der Waals surface area contributed by atoms with Gasteiger partial charge in [0.1, 0.15) is 0 Å². The largest absolute Gasteiger partial charge is 0.466 e. The summed E-state index contributed by atoms with van der Waals surface area (Å²) in [6.07, 6.45) is 73.2. The molecule has 3 N–H and O–H groups in total. The molecule has 69 heavy (non-hydrogen) atoms. The standard InChI is InChI=1S/C63H119NO5/c1-3-5-7-9-11-13-15-17-19-21-23-24-25-26-27-29-31-35-39-43-47-51-55-61(66)60(59-65)64-62(67)56-52-48-44-40-36-33-34-38-42-46-50-54-58-69-63(68)57-53-49-45-41-37-32-30-28-22-20-18-16-14-12-10-8-6-4-2/h20,22,34,38,51,55,60-61,65-66H,3-19,21,23-33,35-37,39-50,52-54,56-59H2,1-2H3,(H,64,67)/b22-20-,38-34-,55-51+. The van der Waals surface area contributed by atoms with E-state index in [0.717, 1.165) is 83.5 Å². The van der Waals surface area contributed by atoms with E-state index >= 15 is 0 Å². The van der Waals surface area contributed by atoms with Crippen LogP contribution in [-0.4, -0.2) is 47.4 Å². The van der Waals surface area contributed by atoms with Crippen LogP contribution in [0.15, 0.2) is 36.5 Å². The Morgan fingerprint density at radius 3 is 1.03 bits per heavy atom. The van der Waals surface area contributed by atoms with E-state index in [-0.39, 0.29) is 18.5 Å². The van der Waals surface area contributed by atoms with E-state index in [1.807, 2.05) is 6.08 Å². The van der Waals surface area contributed by atoms with Gasteiger partial charge in [0.25, 0.3) is 0 Å². The Bertz CT molecular complexity index is 1120. The smallest absolute Gasteiger partial charge is 0.305 e. The van der Waals surface area contributed by atoms with E-state index in [1.165, 1.54) is 218 Å². The lowest BCUT2D eigenvalue weighted by molar-refractivity contribution is -0.143. The van der Waals surface area contributed by atoms with E-state index in [9.17, 15) is 19.8 Å². The van der Waals surface area contributed by atoms with Crippen LogP contribution in [0.5, 0.6) is 0 Å². The predicted molar refractivity (Wildman–Crippen MR) is 301 cm³/mol. The average Bonchev–Trinajstić information content (AvgIpc) is 3.35. The quantitative estimate of drug-likeness (QED) is 0.0321. The van der Waals surface area contributed by atoms with E-state index in [2.05, 4.69) is 43.5 Å². The number of rotatable bonds is 57. The number of carbonyl (C=O) groups excluding carboxylic acids is 2. The summed E-state index contributed by atoms with van der Waals surface area (Å²) in [6, 6.07) is -0.648. The van der Waals surface area contributed by atoms with Crippen molar-refractivity contribution in [2.75, 3.05) is 13.2 Å². The lowest BCUT2D eigenvalue weighted by atomic mass is 10.0. The number of aliphatic hydroxyl groups excluding tert-OH is 2. The molecular weight excluding hydrogens is 851 g/mol. The van der Waals surface area contributed by atoms with Crippen LogP contribution in [0.25, 0.3) is 0 Å². The summed E-state index contributed by atoms with van der Waals surface area (Å²) >= 11 is 0. The monoisotopic (exact) mass is 970 g/mol. The molecule has 0 radical (unpaired) electrons. The minimum Gasteiger partial charge on any atom is -0.466 e. The van der Waals surface area contributed by atoms with Crippen LogP contribution in [0.4, 0.5) is 0 Å². The number of hydrogen-bond donors (Lipinski definition) is 3. The summed E-state index contributed by atoms with van der Waals surface area (Å²) in [6.45, 7) is 4.86. The molecule has 0 aromatic heterocycles. The Balaban J connectivity index is 3.52. The molecule has 0 heterocycles. The predicted octanol–water partition coefficient (Wildman–Crippen LogP) is 19.2. The lowest BCUT2D eigenvalue weighted by Gasteiger charge is -2.20. The van der Waals surface area contributed by atoms with Crippen LogP contribution in [0.2, 0.25) is 0 Å². The number of nitrogens with one attached hydrogen (secondary N) is 1. The zero-order valence-corrected chi connectivity index (χ0v) is 46.3. The molecule has 406 valence electrons. The first-order valence-electron chi connectivity index (χ1n) is 30.8. The Labute approximate surface area is 430 Å². The SMILES string of the molecule is CCCCCCCCC/C=C\CCCCCCCCCC(=O)OCCCCC/C=C\CCCCCCCC(=O)NC(CO)C(O)/C=C/CCCCCCCCCCCCCCCCCCCCCC. The molecule has 2 atom stereocenters. The average molecular weight is 971 g/mol. The molecule has 0 aliphatic rings. The molecule has 0 bridgehead atoms. The first-order chi connectivity index (χ1) is 34.0. The molecule has 0 rings (SSSR count). The van der Waals surface area contributed by atoms with Crippen molar-refractivity contribution in [3.05, 3.63) is 36.5 Å². The zero-order chi connectivity index (χ0) is 50.0. The highest BCUT2D eigenvalue weighted by Gasteiger charge is 2.18. The van der Waals surface area contributed by atoms with Gasteiger partial charge in [-0.25, -0.2) is 0 Å². The van der Waals surface area contributed by atoms with Gasteiger partial charge in [-0.05, 0) is 89.9 Å². The number of unbranched alkanes of at least 4 members (excludes halogenated alkanes) is 42. The molecular formula is C63H119NO5. The highest BCUT2D eigenvalue weighted by molar-refractivity contribution is 5.76. The van der Waals surface area contributed by atoms with Crippen LogP contribution in [0, 0.1) is 0 Å². The molecule has 0 saturated carbocycles. The van der Waals surface area contributed by atoms with Crippen molar-refractivity contribution >= 4 is 11.9 Å². The van der Waals surface area contributed by atoms with Gasteiger partial charge >= 0.3 is 5.97 Å². The number of hydrogen-bond acceptors (Lipinski definition) is 5. The Morgan fingerprint density at radius 2 is 0.681 bits per heavy atom. The summed E-state index contributed by atoms with van der Waals surface area (Å²) in [5, 5.41) is 23.2. The molecule has 6 nitrogen and oxygen atoms in total. The minimum atomic E-state index is -0.862. The van der Waals surface area contributed by atoms with Gasteiger partial charge < -0.3 is 20.3 Å². The van der Waals surface area contributed by atoms with Gasteiger partial charge in [-0.3, -0.25) is 9.59 Å². The normalized spacial score (nSPS) is 12.8. The van der Waals surface area contributed by atoms with Gasteiger partial charge in [-0.2, -0.15) is 0 Å². The van der Waals surface area contributed by atoms with Crippen molar-refractivity contribution in [2.45, 2.75) is 341 Å². The summed E-state index contributed by atoms with van der Waals surface area (Å²) in [5.41, 5.74) is 0. The fraction of sp³-hybridized carbons (Fsp3) is 0.873. The van der Waals surface area contributed by atoms with E-state index < -0.39 is 12.1 Å². The fourth-order valence-electron chi connectivity index (χ4n) is 9.39. The van der Waals surface area contributed by atoms with Crippen molar-refractivity contribution in [1.82, 2.24) is 5.32 Å². The Morgan fingerprint density at radius 1 is 0.391 bits per heavy atom. The summed E-state index contributed by atoms with van der Waals surface area (Å²) in [4.78, 5) is 24.6. The maximum atomic E-state index is 12.5. The van der Waals surface area contributed by atoms with Crippen LogP contribution in [0.3, 0.4) is 0 Å². The maximum absolute atomic E-state index is 12.5. The minimum absolute atomic E-state index is 0.0268. The molecule has 0 aromatic rings. The van der Waals surface area contributed by atoms with Gasteiger partial charge in [-0.15, -0.1) is 0 Å². The second-order valence-corrected chi connectivity index (χ2v) is 21.0.